The second-order valence-corrected chi connectivity index (χ2v) is 6.50. The fourth-order valence-corrected chi connectivity index (χ4v) is 2.11. The van der Waals surface area contributed by atoms with Gasteiger partial charge in [-0.3, -0.25) is 10.1 Å². The molecule has 0 saturated heterocycles. The van der Waals surface area contributed by atoms with E-state index in [1.807, 2.05) is 0 Å². The number of nitro benzene ring substituents is 1. The van der Waals surface area contributed by atoms with Gasteiger partial charge in [-0.1, -0.05) is 6.07 Å². The van der Waals surface area contributed by atoms with Crippen molar-refractivity contribution in [3.8, 4) is 5.75 Å². The van der Waals surface area contributed by atoms with Crippen molar-refractivity contribution < 1.29 is 18.1 Å². The molecule has 0 aliphatic heterocycles. The van der Waals surface area contributed by atoms with Gasteiger partial charge in [-0.15, -0.1) is 0 Å². The maximum atomic E-state index is 11.2. The monoisotopic (exact) mass is 317 g/mol. The SMILES string of the molecule is CC(C)Oc1cccc(NCCNS(C)(=O)=O)c1[N+](=O)[O-]. The first-order valence-electron chi connectivity index (χ1n) is 6.33. The zero-order chi connectivity index (χ0) is 16.0. The van der Waals surface area contributed by atoms with Crippen molar-refractivity contribution in [2.45, 2.75) is 20.0 Å². The highest BCUT2D eigenvalue weighted by molar-refractivity contribution is 7.88. The summed E-state index contributed by atoms with van der Waals surface area (Å²) < 4.78 is 29.6. The van der Waals surface area contributed by atoms with Gasteiger partial charge in [0.1, 0.15) is 5.69 Å². The van der Waals surface area contributed by atoms with E-state index in [-0.39, 0.29) is 36.3 Å². The highest BCUT2D eigenvalue weighted by Gasteiger charge is 2.21. The van der Waals surface area contributed by atoms with Gasteiger partial charge in [0, 0.05) is 13.1 Å². The van der Waals surface area contributed by atoms with Crippen LogP contribution in [0.15, 0.2) is 18.2 Å². The van der Waals surface area contributed by atoms with Crippen LogP contribution in [0.3, 0.4) is 0 Å². The van der Waals surface area contributed by atoms with Crippen molar-refractivity contribution in [1.82, 2.24) is 4.72 Å². The number of benzene rings is 1. The molecule has 21 heavy (non-hydrogen) atoms. The highest BCUT2D eigenvalue weighted by atomic mass is 32.2. The Hall–Kier alpha value is -1.87. The Morgan fingerprint density at radius 3 is 2.52 bits per heavy atom. The molecule has 0 atom stereocenters. The average molecular weight is 317 g/mol. The molecule has 9 heteroatoms. The first-order chi connectivity index (χ1) is 9.70. The Labute approximate surface area is 123 Å². The van der Waals surface area contributed by atoms with E-state index in [0.717, 1.165) is 6.26 Å². The summed E-state index contributed by atoms with van der Waals surface area (Å²) in [5, 5.41) is 14.0. The smallest absolute Gasteiger partial charge is 0.333 e. The van der Waals surface area contributed by atoms with Crippen LogP contribution >= 0.6 is 0 Å². The summed E-state index contributed by atoms with van der Waals surface area (Å²) in [5.41, 5.74) is 0.124. The summed E-state index contributed by atoms with van der Waals surface area (Å²) in [4.78, 5) is 10.7. The van der Waals surface area contributed by atoms with Gasteiger partial charge in [0.2, 0.25) is 10.0 Å². The number of nitrogens with zero attached hydrogens (tertiary/aromatic N) is 1. The number of hydrogen-bond acceptors (Lipinski definition) is 6. The van der Waals surface area contributed by atoms with Crippen LogP contribution in [-0.2, 0) is 10.0 Å². The molecule has 0 heterocycles. The molecule has 0 amide bonds. The summed E-state index contributed by atoms with van der Waals surface area (Å²) in [6.45, 7) is 3.91. The molecule has 1 aromatic rings. The van der Waals surface area contributed by atoms with Gasteiger partial charge >= 0.3 is 5.69 Å². The fraction of sp³-hybridized carbons (Fsp3) is 0.500. The van der Waals surface area contributed by atoms with Crippen LogP contribution < -0.4 is 14.8 Å². The lowest BCUT2D eigenvalue weighted by Crippen LogP contribution is -2.27. The predicted octanol–water partition coefficient (Wildman–Crippen LogP) is 1.34. The number of hydrogen-bond donors (Lipinski definition) is 2. The van der Waals surface area contributed by atoms with Crippen LogP contribution in [0.25, 0.3) is 0 Å². The topological polar surface area (TPSA) is 111 Å². The summed E-state index contributed by atoms with van der Waals surface area (Å²) in [6, 6.07) is 4.71. The number of anilines is 1. The highest BCUT2D eigenvalue weighted by Crippen LogP contribution is 2.35. The van der Waals surface area contributed by atoms with Gasteiger partial charge < -0.3 is 10.1 Å². The minimum absolute atomic E-state index is 0.130. The largest absolute Gasteiger partial charge is 0.484 e. The molecule has 0 unspecified atom stereocenters. The molecule has 0 saturated carbocycles. The molecule has 8 nitrogen and oxygen atoms in total. The van der Waals surface area contributed by atoms with Crippen molar-refractivity contribution in [2.24, 2.45) is 0 Å². The van der Waals surface area contributed by atoms with Gasteiger partial charge in [-0.25, -0.2) is 13.1 Å². The average Bonchev–Trinajstić information content (AvgIpc) is 2.32. The summed E-state index contributed by atoms with van der Waals surface area (Å²) in [7, 11) is -3.28. The third kappa shape index (κ3) is 5.96. The Balaban J connectivity index is 2.84. The number of nitro groups is 1. The summed E-state index contributed by atoms with van der Waals surface area (Å²) >= 11 is 0. The minimum Gasteiger partial charge on any atom is -0.484 e. The van der Waals surface area contributed by atoms with E-state index >= 15 is 0 Å². The molecule has 118 valence electrons. The van der Waals surface area contributed by atoms with E-state index in [1.54, 1.807) is 26.0 Å². The number of sulfonamides is 1. The summed E-state index contributed by atoms with van der Waals surface area (Å²) in [6.07, 6.45) is 0.859. The molecule has 2 N–H and O–H groups in total. The maximum Gasteiger partial charge on any atom is 0.333 e. The lowest BCUT2D eigenvalue weighted by Gasteiger charge is -2.13. The van der Waals surface area contributed by atoms with Crippen LogP contribution in [0.5, 0.6) is 5.75 Å². The third-order valence-corrected chi connectivity index (χ3v) is 3.08. The van der Waals surface area contributed by atoms with Gasteiger partial charge in [0.05, 0.1) is 17.3 Å². The van der Waals surface area contributed by atoms with Crippen molar-refractivity contribution in [3.05, 3.63) is 28.3 Å². The van der Waals surface area contributed by atoms with Crippen LogP contribution in [0.4, 0.5) is 11.4 Å². The number of nitrogens with one attached hydrogen (secondary N) is 2. The quantitative estimate of drug-likeness (QED) is 0.425. The van der Waals surface area contributed by atoms with Crippen molar-refractivity contribution in [3.63, 3.8) is 0 Å². The van der Waals surface area contributed by atoms with Gasteiger partial charge in [-0.05, 0) is 26.0 Å². The number of para-hydroxylation sites is 1. The van der Waals surface area contributed by atoms with E-state index in [9.17, 15) is 18.5 Å². The summed E-state index contributed by atoms with van der Waals surface area (Å²) in [5.74, 6) is 0.177. The van der Waals surface area contributed by atoms with E-state index in [1.165, 1.54) is 6.07 Å². The molecule has 0 aliphatic rings. The van der Waals surface area contributed by atoms with Crippen LogP contribution in [0, 0.1) is 10.1 Å². The molecule has 0 radical (unpaired) electrons. The second kappa shape index (κ2) is 7.23. The standard InChI is InChI=1S/C12H19N3O5S/c1-9(2)20-11-6-4-5-10(12(11)15(16)17)13-7-8-14-21(3,18)19/h4-6,9,13-14H,7-8H2,1-3H3. The minimum atomic E-state index is -3.28. The molecule has 1 rings (SSSR count). The number of rotatable bonds is 8. The van der Waals surface area contributed by atoms with E-state index in [4.69, 9.17) is 4.74 Å². The molecule has 0 spiro atoms. The molecular weight excluding hydrogens is 298 g/mol. The zero-order valence-electron chi connectivity index (χ0n) is 12.1. The normalized spacial score (nSPS) is 11.4. The molecule has 0 bridgehead atoms. The molecule has 0 aliphatic carbocycles. The van der Waals surface area contributed by atoms with E-state index in [0.29, 0.717) is 0 Å². The molecular formula is C12H19N3O5S. The van der Waals surface area contributed by atoms with Gasteiger partial charge in [-0.2, -0.15) is 0 Å². The van der Waals surface area contributed by atoms with E-state index < -0.39 is 14.9 Å². The van der Waals surface area contributed by atoms with E-state index in [2.05, 4.69) is 10.0 Å². The Morgan fingerprint density at radius 1 is 1.33 bits per heavy atom. The van der Waals surface area contributed by atoms with Crippen LogP contribution in [0.2, 0.25) is 0 Å². The number of ether oxygens (including phenoxy) is 1. The second-order valence-electron chi connectivity index (χ2n) is 4.67. The molecule has 0 fully saturated rings. The predicted molar refractivity (Wildman–Crippen MR) is 80.2 cm³/mol. The fourth-order valence-electron chi connectivity index (χ4n) is 1.64. The van der Waals surface area contributed by atoms with Gasteiger partial charge in [0.15, 0.2) is 5.75 Å². The van der Waals surface area contributed by atoms with Crippen molar-refractivity contribution >= 4 is 21.4 Å². The Kier molecular flexibility index (Phi) is 5.91. The Bertz CT molecular complexity index is 601. The van der Waals surface area contributed by atoms with Crippen molar-refractivity contribution in [1.29, 1.82) is 0 Å². The maximum absolute atomic E-state index is 11.2. The molecule has 0 aromatic heterocycles. The molecule has 1 aromatic carbocycles. The first-order valence-corrected chi connectivity index (χ1v) is 8.22. The Morgan fingerprint density at radius 2 is 2.00 bits per heavy atom. The lowest BCUT2D eigenvalue weighted by molar-refractivity contribution is -0.385. The third-order valence-electron chi connectivity index (χ3n) is 2.35. The van der Waals surface area contributed by atoms with Crippen molar-refractivity contribution in [2.75, 3.05) is 24.7 Å². The van der Waals surface area contributed by atoms with Crippen LogP contribution in [-0.4, -0.2) is 38.8 Å². The first kappa shape index (κ1) is 17.2. The lowest BCUT2D eigenvalue weighted by atomic mass is 10.2. The van der Waals surface area contributed by atoms with Gasteiger partial charge in [0.25, 0.3) is 0 Å². The van der Waals surface area contributed by atoms with Crippen LogP contribution in [0.1, 0.15) is 13.8 Å². The zero-order valence-corrected chi connectivity index (χ0v) is 12.9.